The standard InChI is InChI=1S/C17H18F2N2OS2/c1-11(16(22)21-14-5-3-4-6-15(14)23-2)20-12-7-9-13(10-8-12)24-17(18)19/h3-11,17,20H,1-2H3,(H,21,22)/t11-/m1/s1. The van der Waals surface area contributed by atoms with Crippen molar-refractivity contribution in [3.63, 3.8) is 0 Å². The topological polar surface area (TPSA) is 41.1 Å². The predicted molar refractivity (Wildman–Crippen MR) is 98.2 cm³/mol. The first-order chi connectivity index (χ1) is 11.5. The van der Waals surface area contributed by atoms with Crippen molar-refractivity contribution in [1.82, 2.24) is 0 Å². The summed E-state index contributed by atoms with van der Waals surface area (Å²) in [5.74, 6) is -2.60. The summed E-state index contributed by atoms with van der Waals surface area (Å²) >= 11 is 2.06. The van der Waals surface area contributed by atoms with Gasteiger partial charge in [0.15, 0.2) is 0 Å². The number of para-hydroxylation sites is 1. The maximum atomic E-state index is 12.3. The van der Waals surface area contributed by atoms with Crippen LogP contribution in [0.2, 0.25) is 0 Å². The summed E-state index contributed by atoms with van der Waals surface area (Å²) in [5.41, 5.74) is 1.47. The third kappa shape index (κ3) is 5.42. The Morgan fingerprint density at radius 1 is 1.08 bits per heavy atom. The van der Waals surface area contributed by atoms with Gasteiger partial charge in [-0.15, -0.1) is 11.8 Å². The van der Waals surface area contributed by atoms with Crippen molar-refractivity contribution >= 4 is 40.8 Å². The van der Waals surface area contributed by atoms with Crippen LogP contribution >= 0.6 is 23.5 Å². The molecule has 0 aliphatic carbocycles. The van der Waals surface area contributed by atoms with Gasteiger partial charge in [-0.25, -0.2) is 0 Å². The molecule has 0 fully saturated rings. The van der Waals surface area contributed by atoms with Gasteiger partial charge in [-0.05, 0) is 49.6 Å². The lowest BCUT2D eigenvalue weighted by Gasteiger charge is -2.16. The van der Waals surface area contributed by atoms with Gasteiger partial charge in [-0.3, -0.25) is 4.79 Å². The van der Waals surface area contributed by atoms with E-state index in [1.54, 1.807) is 43.0 Å². The highest BCUT2D eigenvalue weighted by atomic mass is 32.2. The number of halogens is 2. The zero-order chi connectivity index (χ0) is 17.5. The maximum Gasteiger partial charge on any atom is 0.288 e. The smallest absolute Gasteiger partial charge is 0.288 e. The Hall–Kier alpha value is -1.73. The molecule has 0 spiro atoms. The normalized spacial score (nSPS) is 12.0. The summed E-state index contributed by atoms with van der Waals surface area (Å²) in [7, 11) is 0. The highest BCUT2D eigenvalue weighted by Crippen LogP contribution is 2.27. The van der Waals surface area contributed by atoms with E-state index < -0.39 is 11.8 Å². The second-order valence-corrected chi connectivity index (χ2v) is 6.87. The van der Waals surface area contributed by atoms with Crippen molar-refractivity contribution in [2.45, 2.75) is 28.5 Å². The highest BCUT2D eigenvalue weighted by Gasteiger charge is 2.14. The summed E-state index contributed by atoms with van der Waals surface area (Å²) in [5, 5.41) is 5.96. The molecule has 2 aromatic carbocycles. The third-order valence-corrected chi connectivity index (χ3v) is 4.74. The Morgan fingerprint density at radius 3 is 2.38 bits per heavy atom. The van der Waals surface area contributed by atoms with Crippen LogP contribution in [0.3, 0.4) is 0 Å². The van der Waals surface area contributed by atoms with E-state index in [4.69, 9.17) is 0 Å². The molecular formula is C17H18F2N2OS2. The van der Waals surface area contributed by atoms with Crippen LogP contribution in [0.15, 0.2) is 58.3 Å². The summed E-state index contributed by atoms with van der Waals surface area (Å²) in [6, 6.07) is 13.7. The van der Waals surface area contributed by atoms with E-state index in [0.717, 1.165) is 10.6 Å². The number of hydrogen-bond donors (Lipinski definition) is 2. The van der Waals surface area contributed by atoms with E-state index in [2.05, 4.69) is 10.6 Å². The zero-order valence-electron chi connectivity index (χ0n) is 13.3. The Labute approximate surface area is 148 Å². The fraction of sp³-hybridized carbons (Fsp3) is 0.235. The number of carbonyl (C=O) groups is 1. The van der Waals surface area contributed by atoms with Gasteiger partial charge in [-0.1, -0.05) is 23.9 Å². The van der Waals surface area contributed by atoms with Crippen molar-refractivity contribution in [2.75, 3.05) is 16.9 Å². The molecule has 1 amide bonds. The summed E-state index contributed by atoms with van der Waals surface area (Å²) < 4.78 is 24.6. The average molecular weight is 368 g/mol. The largest absolute Gasteiger partial charge is 0.374 e. The van der Waals surface area contributed by atoms with Crippen molar-refractivity contribution in [3.05, 3.63) is 48.5 Å². The summed E-state index contributed by atoms with van der Waals surface area (Å²) in [6.45, 7) is 1.75. The minimum Gasteiger partial charge on any atom is -0.374 e. The Kier molecular flexibility index (Phi) is 6.93. The van der Waals surface area contributed by atoms with Crippen molar-refractivity contribution in [3.8, 4) is 0 Å². The van der Waals surface area contributed by atoms with Gasteiger partial charge in [0, 0.05) is 15.5 Å². The lowest BCUT2D eigenvalue weighted by Crippen LogP contribution is -2.32. The van der Waals surface area contributed by atoms with E-state index in [1.165, 1.54) is 0 Å². The molecule has 2 aromatic rings. The number of rotatable bonds is 7. The van der Waals surface area contributed by atoms with Crippen LogP contribution < -0.4 is 10.6 Å². The van der Waals surface area contributed by atoms with Crippen molar-refractivity contribution < 1.29 is 13.6 Å². The molecular weight excluding hydrogens is 350 g/mol. The zero-order valence-corrected chi connectivity index (χ0v) is 14.9. The first-order valence-corrected chi connectivity index (χ1v) is 9.35. The van der Waals surface area contributed by atoms with Gasteiger partial charge < -0.3 is 10.6 Å². The monoisotopic (exact) mass is 368 g/mol. The Balaban J connectivity index is 1.96. The lowest BCUT2D eigenvalue weighted by atomic mass is 10.2. The molecule has 0 aliphatic heterocycles. The van der Waals surface area contributed by atoms with Gasteiger partial charge in [0.1, 0.15) is 6.04 Å². The summed E-state index contributed by atoms with van der Waals surface area (Å²) in [4.78, 5) is 13.8. The maximum absolute atomic E-state index is 12.3. The quantitative estimate of drug-likeness (QED) is 0.662. The molecule has 0 radical (unpaired) electrons. The van der Waals surface area contributed by atoms with Crippen LogP contribution in [-0.2, 0) is 4.79 Å². The van der Waals surface area contributed by atoms with Crippen molar-refractivity contribution in [1.29, 1.82) is 0 Å². The molecule has 3 nitrogen and oxygen atoms in total. The molecule has 0 saturated heterocycles. The molecule has 0 unspecified atom stereocenters. The van der Waals surface area contributed by atoms with E-state index in [0.29, 0.717) is 22.3 Å². The molecule has 0 saturated carbocycles. The Bertz CT molecular complexity index is 681. The molecule has 0 bridgehead atoms. The Morgan fingerprint density at radius 2 is 1.75 bits per heavy atom. The number of carbonyl (C=O) groups excluding carboxylic acids is 1. The molecule has 1 atom stereocenters. The highest BCUT2D eigenvalue weighted by molar-refractivity contribution is 7.99. The lowest BCUT2D eigenvalue weighted by molar-refractivity contribution is -0.116. The first-order valence-electron chi connectivity index (χ1n) is 7.25. The number of hydrogen-bond acceptors (Lipinski definition) is 4. The summed E-state index contributed by atoms with van der Waals surface area (Å²) in [6.07, 6.45) is 1.95. The van der Waals surface area contributed by atoms with Crippen LogP contribution in [0.25, 0.3) is 0 Å². The second-order valence-electron chi connectivity index (χ2n) is 4.96. The van der Waals surface area contributed by atoms with Gasteiger partial charge in [-0.2, -0.15) is 8.78 Å². The van der Waals surface area contributed by atoms with E-state index >= 15 is 0 Å². The van der Waals surface area contributed by atoms with Crippen molar-refractivity contribution in [2.24, 2.45) is 0 Å². The van der Waals surface area contributed by atoms with Crippen LogP contribution in [0.4, 0.5) is 20.2 Å². The first kappa shape index (κ1) is 18.6. The van der Waals surface area contributed by atoms with E-state index in [1.807, 2.05) is 30.5 Å². The number of alkyl halides is 2. The van der Waals surface area contributed by atoms with Gasteiger partial charge in [0.05, 0.1) is 5.69 Å². The minimum absolute atomic E-state index is 0.164. The number of thioether (sulfide) groups is 2. The fourth-order valence-corrected chi connectivity index (χ4v) is 3.09. The average Bonchev–Trinajstić information content (AvgIpc) is 2.56. The van der Waals surface area contributed by atoms with E-state index in [-0.39, 0.29) is 5.91 Å². The molecule has 7 heteroatoms. The third-order valence-electron chi connectivity index (χ3n) is 3.22. The number of benzene rings is 2. The number of anilines is 2. The van der Waals surface area contributed by atoms with E-state index in [9.17, 15) is 13.6 Å². The van der Waals surface area contributed by atoms with Crippen LogP contribution in [0.1, 0.15) is 6.92 Å². The van der Waals surface area contributed by atoms with Crippen LogP contribution in [0, 0.1) is 0 Å². The molecule has 2 rings (SSSR count). The molecule has 0 heterocycles. The molecule has 24 heavy (non-hydrogen) atoms. The van der Waals surface area contributed by atoms with Gasteiger partial charge in [0.2, 0.25) is 5.91 Å². The molecule has 0 aromatic heterocycles. The molecule has 2 N–H and O–H groups in total. The second kappa shape index (κ2) is 8.94. The van der Waals surface area contributed by atoms with Crippen LogP contribution in [0.5, 0.6) is 0 Å². The molecule has 128 valence electrons. The van der Waals surface area contributed by atoms with Gasteiger partial charge >= 0.3 is 0 Å². The molecule has 0 aliphatic rings. The number of amides is 1. The fourth-order valence-electron chi connectivity index (χ4n) is 2.04. The predicted octanol–water partition coefficient (Wildman–Crippen LogP) is 5.16. The number of nitrogens with one attached hydrogen (secondary N) is 2. The minimum atomic E-state index is -2.44. The van der Waals surface area contributed by atoms with Gasteiger partial charge in [0.25, 0.3) is 5.76 Å². The SMILES string of the molecule is CSc1ccccc1NC(=O)[C@@H](C)Nc1ccc(SC(F)F)cc1. The van der Waals surface area contributed by atoms with Crippen LogP contribution in [-0.4, -0.2) is 24.0 Å².